The molecule has 0 bridgehead atoms. The van der Waals surface area contributed by atoms with E-state index in [2.05, 4.69) is 26.5 Å². The van der Waals surface area contributed by atoms with Gasteiger partial charge in [0.2, 0.25) is 0 Å². The average Bonchev–Trinajstić information content (AvgIpc) is 2.83. The number of aromatic nitrogens is 1. The summed E-state index contributed by atoms with van der Waals surface area (Å²) in [5.74, 6) is -0.687. The van der Waals surface area contributed by atoms with Gasteiger partial charge in [-0.15, -0.1) is 0 Å². The number of rotatable bonds is 5. The van der Waals surface area contributed by atoms with Crippen LogP contribution in [-0.2, 0) is 0 Å². The number of benzene rings is 3. The Morgan fingerprint density at radius 1 is 0.844 bits per heavy atom. The van der Waals surface area contributed by atoms with Crippen molar-refractivity contribution in [1.29, 1.82) is 0 Å². The predicted molar refractivity (Wildman–Crippen MR) is 129 cm³/mol. The van der Waals surface area contributed by atoms with Gasteiger partial charge in [0, 0.05) is 21.2 Å². The van der Waals surface area contributed by atoms with Crippen LogP contribution in [-0.4, -0.2) is 16.6 Å². The average molecular weight is 488 g/mol. The lowest BCUT2D eigenvalue weighted by Gasteiger charge is -2.10. The van der Waals surface area contributed by atoms with E-state index in [1.165, 1.54) is 12.1 Å². The SMILES string of the molecule is C/C(=N\NC(=O)c1cc(-c2ccccc2)nc(-c2ccc(F)cc2)c1)c1ccc(Br)cc1. The molecule has 0 aliphatic carbocycles. The van der Waals surface area contributed by atoms with Crippen LogP contribution in [0.15, 0.2) is 101 Å². The Morgan fingerprint density at radius 3 is 2.06 bits per heavy atom. The maximum absolute atomic E-state index is 13.4. The normalized spacial score (nSPS) is 11.3. The smallest absolute Gasteiger partial charge is 0.267 e. The van der Waals surface area contributed by atoms with Crippen molar-refractivity contribution in [2.75, 3.05) is 0 Å². The number of nitrogens with one attached hydrogen (secondary N) is 1. The van der Waals surface area contributed by atoms with Crippen LogP contribution >= 0.6 is 15.9 Å². The van der Waals surface area contributed by atoms with Crippen LogP contribution < -0.4 is 5.43 Å². The number of carbonyl (C=O) groups is 1. The van der Waals surface area contributed by atoms with Gasteiger partial charge >= 0.3 is 0 Å². The fourth-order valence-corrected chi connectivity index (χ4v) is 3.41. The largest absolute Gasteiger partial charge is 0.271 e. The molecule has 0 unspecified atom stereocenters. The number of pyridine rings is 1. The third-order valence-corrected chi connectivity index (χ3v) is 5.41. The molecule has 0 aliphatic heterocycles. The highest BCUT2D eigenvalue weighted by Crippen LogP contribution is 2.25. The second-order valence-electron chi connectivity index (χ2n) is 7.14. The van der Waals surface area contributed by atoms with Gasteiger partial charge in [-0.25, -0.2) is 14.8 Å². The second kappa shape index (κ2) is 9.66. The molecular formula is C26H19BrFN3O. The van der Waals surface area contributed by atoms with Gasteiger partial charge in [0.05, 0.1) is 17.1 Å². The van der Waals surface area contributed by atoms with E-state index >= 15 is 0 Å². The van der Waals surface area contributed by atoms with Crippen molar-refractivity contribution in [2.45, 2.75) is 6.92 Å². The Bertz CT molecular complexity index is 1270. The third-order valence-electron chi connectivity index (χ3n) is 4.88. The van der Waals surface area contributed by atoms with E-state index in [4.69, 9.17) is 4.98 Å². The number of hydrogen-bond acceptors (Lipinski definition) is 3. The Hall–Kier alpha value is -3.64. The maximum Gasteiger partial charge on any atom is 0.271 e. The molecular weight excluding hydrogens is 469 g/mol. The van der Waals surface area contributed by atoms with Crippen molar-refractivity contribution in [1.82, 2.24) is 10.4 Å². The van der Waals surface area contributed by atoms with Gasteiger partial charge in [-0.05, 0) is 61.0 Å². The summed E-state index contributed by atoms with van der Waals surface area (Å²) in [6, 6.07) is 26.7. The van der Waals surface area contributed by atoms with Crippen molar-refractivity contribution in [3.05, 3.63) is 112 Å². The Kier molecular flexibility index (Phi) is 6.52. The van der Waals surface area contributed by atoms with Gasteiger partial charge in [0.1, 0.15) is 5.82 Å². The molecule has 1 aromatic heterocycles. The monoisotopic (exact) mass is 487 g/mol. The van der Waals surface area contributed by atoms with Crippen molar-refractivity contribution in [3.63, 3.8) is 0 Å². The fraction of sp³-hybridized carbons (Fsp3) is 0.0385. The number of hydrogen-bond donors (Lipinski definition) is 1. The highest BCUT2D eigenvalue weighted by Gasteiger charge is 2.13. The van der Waals surface area contributed by atoms with Gasteiger partial charge in [-0.1, -0.05) is 58.4 Å². The Morgan fingerprint density at radius 2 is 1.44 bits per heavy atom. The van der Waals surface area contributed by atoms with Gasteiger partial charge in [-0.3, -0.25) is 4.79 Å². The molecule has 1 heterocycles. The molecule has 0 radical (unpaired) electrons. The molecule has 3 aromatic carbocycles. The molecule has 0 saturated carbocycles. The standard InChI is InChI=1S/C26H19BrFN3O/c1-17(18-7-11-22(27)12-8-18)30-31-26(32)21-15-24(19-5-3-2-4-6-19)29-25(16-21)20-9-13-23(28)14-10-20/h2-16H,1H3,(H,31,32)/b30-17+. The molecule has 0 spiro atoms. The second-order valence-corrected chi connectivity index (χ2v) is 8.06. The molecule has 4 aromatic rings. The molecule has 0 atom stereocenters. The summed E-state index contributed by atoms with van der Waals surface area (Å²) >= 11 is 3.41. The number of nitrogens with zero attached hydrogens (tertiary/aromatic N) is 2. The minimum absolute atomic E-state index is 0.330. The van der Waals surface area contributed by atoms with E-state index < -0.39 is 0 Å². The van der Waals surface area contributed by atoms with Gasteiger partial charge in [-0.2, -0.15) is 5.10 Å². The summed E-state index contributed by atoms with van der Waals surface area (Å²) < 4.78 is 14.4. The van der Waals surface area contributed by atoms with Crippen molar-refractivity contribution in [3.8, 4) is 22.5 Å². The van der Waals surface area contributed by atoms with Gasteiger partial charge < -0.3 is 0 Å². The number of halogens is 2. The third kappa shape index (κ3) is 5.15. The van der Waals surface area contributed by atoms with E-state index in [1.54, 1.807) is 24.3 Å². The van der Waals surface area contributed by atoms with Gasteiger partial charge in [0.15, 0.2) is 0 Å². The van der Waals surface area contributed by atoms with E-state index in [9.17, 15) is 9.18 Å². The summed E-state index contributed by atoms with van der Waals surface area (Å²) in [6.07, 6.45) is 0. The molecule has 0 fully saturated rings. The zero-order valence-corrected chi connectivity index (χ0v) is 18.8. The molecule has 4 rings (SSSR count). The Balaban J connectivity index is 1.68. The number of amides is 1. The lowest BCUT2D eigenvalue weighted by molar-refractivity contribution is 0.0955. The van der Waals surface area contributed by atoms with Crippen LogP contribution in [0.3, 0.4) is 0 Å². The highest BCUT2D eigenvalue weighted by molar-refractivity contribution is 9.10. The van der Waals surface area contributed by atoms with Crippen LogP contribution in [0.2, 0.25) is 0 Å². The van der Waals surface area contributed by atoms with E-state index in [1.807, 2.05) is 61.5 Å². The van der Waals surface area contributed by atoms with Crippen LogP contribution in [0, 0.1) is 5.82 Å². The zero-order chi connectivity index (χ0) is 22.5. The molecule has 0 aliphatic rings. The molecule has 1 amide bonds. The first-order valence-corrected chi connectivity index (χ1v) is 10.7. The topological polar surface area (TPSA) is 54.4 Å². The first-order chi connectivity index (χ1) is 15.5. The zero-order valence-electron chi connectivity index (χ0n) is 17.2. The van der Waals surface area contributed by atoms with E-state index in [0.717, 1.165) is 15.6 Å². The van der Waals surface area contributed by atoms with E-state index in [-0.39, 0.29) is 11.7 Å². The highest BCUT2D eigenvalue weighted by atomic mass is 79.9. The molecule has 4 nitrogen and oxygen atoms in total. The first kappa shape index (κ1) is 21.6. The maximum atomic E-state index is 13.4. The van der Waals surface area contributed by atoms with Crippen LogP contribution in [0.25, 0.3) is 22.5 Å². The summed E-state index contributed by atoms with van der Waals surface area (Å²) in [4.78, 5) is 17.6. The number of carbonyl (C=O) groups excluding carboxylic acids is 1. The van der Waals surface area contributed by atoms with Crippen LogP contribution in [0.5, 0.6) is 0 Å². The summed E-state index contributed by atoms with van der Waals surface area (Å²) in [5, 5.41) is 4.25. The summed E-state index contributed by atoms with van der Waals surface area (Å²) in [7, 11) is 0. The van der Waals surface area contributed by atoms with Crippen LogP contribution in [0.1, 0.15) is 22.8 Å². The van der Waals surface area contributed by atoms with Crippen LogP contribution in [0.4, 0.5) is 4.39 Å². The van der Waals surface area contributed by atoms with Crippen molar-refractivity contribution in [2.24, 2.45) is 5.10 Å². The minimum Gasteiger partial charge on any atom is -0.267 e. The quantitative estimate of drug-likeness (QED) is 0.259. The lowest BCUT2D eigenvalue weighted by Crippen LogP contribution is -2.19. The Labute approximate surface area is 194 Å². The molecule has 1 N–H and O–H groups in total. The summed E-state index contributed by atoms with van der Waals surface area (Å²) in [6.45, 7) is 1.83. The first-order valence-electron chi connectivity index (χ1n) is 9.93. The molecule has 6 heteroatoms. The van der Waals surface area contributed by atoms with Gasteiger partial charge in [0.25, 0.3) is 5.91 Å². The molecule has 32 heavy (non-hydrogen) atoms. The molecule has 158 valence electrons. The minimum atomic E-state index is -0.357. The summed E-state index contributed by atoms with van der Waals surface area (Å²) in [5.41, 5.74) is 7.43. The van der Waals surface area contributed by atoms with Crippen molar-refractivity contribution < 1.29 is 9.18 Å². The molecule has 0 saturated heterocycles. The lowest BCUT2D eigenvalue weighted by atomic mass is 10.0. The fourth-order valence-electron chi connectivity index (χ4n) is 3.14. The predicted octanol–water partition coefficient (Wildman–Crippen LogP) is 6.47. The van der Waals surface area contributed by atoms with Crippen molar-refractivity contribution >= 4 is 27.5 Å². The van der Waals surface area contributed by atoms with E-state index in [0.29, 0.717) is 28.2 Å². The number of hydrazone groups is 1.